The van der Waals surface area contributed by atoms with E-state index in [1.54, 1.807) is 30.3 Å². The lowest BCUT2D eigenvalue weighted by Gasteiger charge is -1.94. The van der Waals surface area contributed by atoms with Crippen LogP contribution in [0.5, 0.6) is 5.75 Å². The average molecular weight is 176 g/mol. The van der Waals surface area contributed by atoms with Crippen molar-refractivity contribution in [3.63, 3.8) is 0 Å². The van der Waals surface area contributed by atoms with E-state index in [9.17, 15) is 0 Å². The molecule has 0 radical (unpaired) electrons. The van der Waals surface area contributed by atoms with Gasteiger partial charge in [-0.1, -0.05) is 5.16 Å². The average Bonchev–Trinajstić information content (AvgIpc) is 2.53. The van der Waals surface area contributed by atoms with Crippen LogP contribution in [-0.4, -0.2) is 10.3 Å². The summed E-state index contributed by atoms with van der Waals surface area (Å²) in [6.45, 7) is 0. The summed E-state index contributed by atoms with van der Waals surface area (Å²) >= 11 is 0. The summed E-state index contributed by atoms with van der Waals surface area (Å²) in [6, 6.07) is 8.25. The van der Waals surface area contributed by atoms with Gasteiger partial charge in [-0.3, -0.25) is 0 Å². The largest absolute Gasteiger partial charge is 0.508 e. The maximum Gasteiger partial charge on any atom is 0.169 e. The summed E-state index contributed by atoms with van der Waals surface area (Å²) in [5.74, 6) is 1.16. The second kappa shape index (κ2) is 2.82. The molecule has 4 heteroatoms. The first-order valence-electron chi connectivity index (χ1n) is 3.77. The van der Waals surface area contributed by atoms with E-state index in [2.05, 4.69) is 5.16 Å². The number of nitrogens with two attached hydrogens (primary N) is 1. The molecule has 0 saturated carbocycles. The van der Waals surface area contributed by atoms with Crippen molar-refractivity contribution in [3.05, 3.63) is 30.3 Å². The predicted molar refractivity (Wildman–Crippen MR) is 48.0 cm³/mol. The number of hydrogen-bond acceptors (Lipinski definition) is 4. The first-order chi connectivity index (χ1) is 6.25. The van der Waals surface area contributed by atoms with Crippen molar-refractivity contribution in [1.29, 1.82) is 0 Å². The Kier molecular flexibility index (Phi) is 1.66. The number of aromatic nitrogens is 1. The molecule has 1 heterocycles. The van der Waals surface area contributed by atoms with Crippen molar-refractivity contribution >= 4 is 5.82 Å². The van der Waals surface area contributed by atoms with Gasteiger partial charge in [0.25, 0.3) is 0 Å². The Bertz CT molecular complexity index is 406. The van der Waals surface area contributed by atoms with Crippen LogP contribution in [0.15, 0.2) is 34.9 Å². The summed E-state index contributed by atoms with van der Waals surface area (Å²) in [6.07, 6.45) is 0. The minimum atomic E-state index is 0.219. The van der Waals surface area contributed by atoms with E-state index in [1.165, 1.54) is 0 Å². The van der Waals surface area contributed by atoms with Gasteiger partial charge in [-0.2, -0.15) is 0 Å². The summed E-state index contributed by atoms with van der Waals surface area (Å²) in [7, 11) is 0. The van der Waals surface area contributed by atoms with E-state index < -0.39 is 0 Å². The fourth-order valence-electron chi connectivity index (χ4n) is 1.05. The van der Waals surface area contributed by atoms with Gasteiger partial charge in [0, 0.05) is 11.6 Å². The van der Waals surface area contributed by atoms with Crippen molar-refractivity contribution in [3.8, 4) is 17.1 Å². The number of hydrogen-bond donors (Lipinski definition) is 2. The van der Waals surface area contributed by atoms with Gasteiger partial charge in [0.1, 0.15) is 5.75 Å². The molecule has 2 rings (SSSR count). The number of rotatable bonds is 1. The summed E-state index contributed by atoms with van der Waals surface area (Å²) < 4.78 is 4.93. The summed E-state index contributed by atoms with van der Waals surface area (Å²) in [5, 5.41) is 12.6. The zero-order chi connectivity index (χ0) is 9.26. The highest BCUT2D eigenvalue weighted by atomic mass is 16.5. The Labute approximate surface area is 74.6 Å². The van der Waals surface area contributed by atoms with Gasteiger partial charge >= 0.3 is 0 Å². The topological polar surface area (TPSA) is 72.3 Å². The third kappa shape index (κ3) is 1.46. The lowest BCUT2D eigenvalue weighted by molar-refractivity contribution is 0.435. The minimum absolute atomic E-state index is 0.219. The van der Waals surface area contributed by atoms with Gasteiger partial charge in [0.05, 0.1) is 0 Å². The number of nitrogens with zero attached hydrogens (tertiary/aromatic N) is 1. The van der Waals surface area contributed by atoms with Gasteiger partial charge in [-0.25, -0.2) is 0 Å². The molecule has 0 aliphatic rings. The molecule has 0 aliphatic carbocycles. The molecular formula is C9H8N2O2. The molecule has 0 bridgehead atoms. The summed E-state index contributed by atoms with van der Waals surface area (Å²) in [5.41, 5.74) is 6.23. The second-order valence-electron chi connectivity index (χ2n) is 2.66. The van der Waals surface area contributed by atoms with Crippen LogP contribution in [0.25, 0.3) is 11.3 Å². The van der Waals surface area contributed by atoms with Crippen LogP contribution in [0.2, 0.25) is 0 Å². The highest BCUT2D eigenvalue weighted by Crippen LogP contribution is 2.22. The number of phenols is 1. The Hall–Kier alpha value is -1.97. The zero-order valence-electron chi connectivity index (χ0n) is 6.77. The minimum Gasteiger partial charge on any atom is -0.508 e. The van der Waals surface area contributed by atoms with Crippen molar-refractivity contribution < 1.29 is 9.63 Å². The molecule has 0 unspecified atom stereocenters. The number of nitrogen functional groups attached to an aromatic ring is 1. The van der Waals surface area contributed by atoms with Gasteiger partial charge in [-0.15, -0.1) is 0 Å². The highest BCUT2D eigenvalue weighted by Gasteiger charge is 2.03. The summed E-state index contributed by atoms with van der Waals surface area (Å²) in [4.78, 5) is 0. The standard InChI is InChI=1S/C9H8N2O2/c10-9-5-8(13-11-9)6-1-3-7(12)4-2-6/h1-5,12H,(H2,10,11). The molecule has 0 fully saturated rings. The molecule has 2 aromatic rings. The molecule has 1 aromatic carbocycles. The molecule has 66 valence electrons. The fraction of sp³-hybridized carbons (Fsp3) is 0. The quantitative estimate of drug-likeness (QED) is 0.692. The number of benzene rings is 1. The number of anilines is 1. The lowest BCUT2D eigenvalue weighted by Crippen LogP contribution is -1.79. The van der Waals surface area contributed by atoms with Crippen LogP contribution < -0.4 is 5.73 Å². The molecule has 0 spiro atoms. The smallest absolute Gasteiger partial charge is 0.169 e. The Morgan fingerprint density at radius 1 is 1.23 bits per heavy atom. The van der Waals surface area contributed by atoms with Gasteiger partial charge in [-0.05, 0) is 24.3 Å². The second-order valence-corrected chi connectivity index (χ2v) is 2.66. The molecule has 0 amide bonds. The maximum atomic E-state index is 9.04. The van der Waals surface area contributed by atoms with E-state index in [0.717, 1.165) is 5.56 Å². The first kappa shape index (κ1) is 7.67. The van der Waals surface area contributed by atoms with Crippen LogP contribution in [0.3, 0.4) is 0 Å². The first-order valence-corrected chi connectivity index (χ1v) is 3.77. The normalized spacial score (nSPS) is 10.2. The molecule has 0 atom stereocenters. The van der Waals surface area contributed by atoms with Crippen molar-refractivity contribution in [1.82, 2.24) is 5.16 Å². The van der Waals surface area contributed by atoms with Crippen molar-refractivity contribution in [2.45, 2.75) is 0 Å². The van der Waals surface area contributed by atoms with Gasteiger partial charge < -0.3 is 15.4 Å². The van der Waals surface area contributed by atoms with Gasteiger partial charge in [0.2, 0.25) is 0 Å². The van der Waals surface area contributed by atoms with E-state index in [4.69, 9.17) is 15.4 Å². The number of aromatic hydroxyl groups is 1. The van der Waals surface area contributed by atoms with Crippen LogP contribution >= 0.6 is 0 Å². The lowest BCUT2D eigenvalue weighted by atomic mass is 10.2. The third-order valence-corrected chi connectivity index (χ3v) is 1.68. The van der Waals surface area contributed by atoms with Crippen LogP contribution in [0.4, 0.5) is 5.82 Å². The van der Waals surface area contributed by atoms with Crippen LogP contribution in [-0.2, 0) is 0 Å². The SMILES string of the molecule is Nc1cc(-c2ccc(O)cc2)on1. The molecule has 0 aliphatic heterocycles. The van der Waals surface area contributed by atoms with Crippen molar-refractivity contribution in [2.24, 2.45) is 0 Å². The van der Waals surface area contributed by atoms with Crippen molar-refractivity contribution in [2.75, 3.05) is 5.73 Å². The van der Waals surface area contributed by atoms with Gasteiger partial charge in [0.15, 0.2) is 11.6 Å². The third-order valence-electron chi connectivity index (χ3n) is 1.68. The molecule has 3 N–H and O–H groups in total. The highest BCUT2D eigenvalue weighted by molar-refractivity contribution is 5.60. The maximum absolute atomic E-state index is 9.04. The molecular weight excluding hydrogens is 168 g/mol. The Morgan fingerprint density at radius 3 is 2.46 bits per heavy atom. The fourth-order valence-corrected chi connectivity index (χ4v) is 1.05. The zero-order valence-corrected chi connectivity index (χ0v) is 6.77. The van der Waals surface area contributed by atoms with E-state index in [-0.39, 0.29) is 5.75 Å². The Morgan fingerprint density at radius 2 is 1.92 bits per heavy atom. The molecule has 4 nitrogen and oxygen atoms in total. The van der Waals surface area contributed by atoms with E-state index in [0.29, 0.717) is 11.6 Å². The monoisotopic (exact) mass is 176 g/mol. The van der Waals surface area contributed by atoms with Crippen LogP contribution in [0, 0.1) is 0 Å². The number of phenolic OH excluding ortho intramolecular Hbond substituents is 1. The van der Waals surface area contributed by atoms with E-state index >= 15 is 0 Å². The van der Waals surface area contributed by atoms with Crippen LogP contribution in [0.1, 0.15) is 0 Å². The predicted octanol–water partition coefficient (Wildman–Crippen LogP) is 1.63. The Balaban J connectivity index is 2.41. The molecule has 13 heavy (non-hydrogen) atoms. The molecule has 0 saturated heterocycles. The van der Waals surface area contributed by atoms with E-state index in [1.807, 2.05) is 0 Å². The molecule has 1 aromatic heterocycles.